The van der Waals surface area contributed by atoms with Crippen LogP contribution in [0.1, 0.15) is 30.8 Å². The molecule has 1 aliphatic rings. The molecule has 0 radical (unpaired) electrons. The van der Waals surface area contributed by atoms with Gasteiger partial charge in [-0.15, -0.1) is 0 Å². The van der Waals surface area contributed by atoms with Crippen molar-refractivity contribution in [2.75, 3.05) is 16.8 Å². The Morgan fingerprint density at radius 3 is 2.88 bits per heavy atom. The number of benzene rings is 1. The number of para-hydroxylation sites is 1. The maximum absolute atomic E-state index is 11.9. The van der Waals surface area contributed by atoms with Gasteiger partial charge in [-0.05, 0) is 37.1 Å². The molecule has 1 unspecified atom stereocenters. The van der Waals surface area contributed by atoms with Crippen molar-refractivity contribution in [1.82, 2.24) is 15.1 Å². The lowest BCUT2D eigenvalue weighted by molar-refractivity contribution is -0.116. The van der Waals surface area contributed by atoms with Gasteiger partial charge in [-0.25, -0.2) is 4.98 Å². The standard InChI is InChI=1S/C19H19N5O2/c1-12-21-19(26-23-12)15-7-5-10-20-18(15)22-16-9-11-24(13(2)25)17-8-4-3-6-14(16)17/h3-8,10,16H,9,11H2,1-2H3,(H,20,22). The SMILES string of the molecule is CC(=O)N1CCC(Nc2ncccc2-c2nc(C)no2)c2ccccc21. The number of anilines is 2. The fourth-order valence-corrected chi connectivity index (χ4v) is 3.30. The molecule has 1 atom stereocenters. The van der Waals surface area contributed by atoms with E-state index in [0.29, 0.717) is 24.1 Å². The molecule has 132 valence electrons. The van der Waals surface area contributed by atoms with Crippen LogP contribution in [-0.4, -0.2) is 27.6 Å². The number of pyridine rings is 1. The number of hydrogen-bond donors (Lipinski definition) is 1. The van der Waals surface area contributed by atoms with Crippen LogP contribution < -0.4 is 10.2 Å². The van der Waals surface area contributed by atoms with Gasteiger partial charge < -0.3 is 14.7 Å². The van der Waals surface area contributed by atoms with E-state index >= 15 is 0 Å². The van der Waals surface area contributed by atoms with E-state index in [-0.39, 0.29) is 11.9 Å². The second-order valence-electron chi connectivity index (χ2n) is 6.26. The van der Waals surface area contributed by atoms with Crippen LogP contribution in [-0.2, 0) is 4.79 Å². The van der Waals surface area contributed by atoms with Gasteiger partial charge in [0.05, 0.1) is 11.6 Å². The van der Waals surface area contributed by atoms with Crippen LogP contribution in [0, 0.1) is 6.92 Å². The predicted octanol–water partition coefficient (Wildman–Crippen LogP) is 3.35. The highest BCUT2D eigenvalue weighted by Crippen LogP contribution is 2.37. The molecule has 3 heterocycles. The van der Waals surface area contributed by atoms with Crippen LogP contribution in [0.15, 0.2) is 47.1 Å². The molecule has 0 aliphatic carbocycles. The van der Waals surface area contributed by atoms with Gasteiger partial charge >= 0.3 is 0 Å². The number of aromatic nitrogens is 3. The Hall–Kier alpha value is -3.22. The van der Waals surface area contributed by atoms with Crippen LogP contribution in [0.3, 0.4) is 0 Å². The Bertz CT molecular complexity index is 952. The zero-order valence-corrected chi connectivity index (χ0v) is 14.6. The Balaban J connectivity index is 1.69. The molecule has 0 fully saturated rings. The molecule has 1 N–H and O–H groups in total. The molecule has 4 rings (SSSR count). The van der Waals surface area contributed by atoms with E-state index in [2.05, 4.69) is 20.4 Å². The summed E-state index contributed by atoms with van der Waals surface area (Å²) >= 11 is 0. The monoisotopic (exact) mass is 349 g/mol. The third kappa shape index (κ3) is 2.92. The molecule has 7 heteroatoms. The van der Waals surface area contributed by atoms with Crippen molar-refractivity contribution in [2.24, 2.45) is 0 Å². The zero-order valence-electron chi connectivity index (χ0n) is 14.6. The first-order valence-corrected chi connectivity index (χ1v) is 8.53. The van der Waals surface area contributed by atoms with Gasteiger partial charge in [0.15, 0.2) is 5.82 Å². The first-order valence-electron chi connectivity index (χ1n) is 8.53. The molecule has 2 aromatic heterocycles. The molecule has 3 aromatic rings. The smallest absolute Gasteiger partial charge is 0.261 e. The quantitative estimate of drug-likeness (QED) is 0.781. The average Bonchev–Trinajstić information content (AvgIpc) is 3.08. The van der Waals surface area contributed by atoms with Crippen LogP contribution in [0.2, 0.25) is 0 Å². The van der Waals surface area contributed by atoms with E-state index in [1.807, 2.05) is 41.3 Å². The summed E-state index contributed by atoms with van der Waals surface area (Å²) < 4.78 is 5.30. The van der Waals surface area contributed by atoms with Crippen LogP contribution >= 0.6 is 0 Å². The van der Waals surface area contributed by atoms with Gasteiger partial charge in [0, 0.05) is 25.4 Å². The number of nitrogens with zero attached hydrogens (tertiary/aromatic N) is 4. The third-order valence-corrected chi connectivity index (χ3v) is 4.50. The Labute approximate surface area is 151 Å². The fourth-order valence-electron chi connectivity index (χ4n) is 3.30. The van der Waals surface area contributed by atoms with E-state index in [4.69, 9.17) is 4.52 Å². The predicted molar refractivity (Wildman–Crippen MR) is 97.7 cm³/mol. The molecular formula is C19H19N5O2. The highest BCUT2D eigenvalue weighted by molar-refractivity contribution is 5.93. The minimum atomic E-state index is 0.0412. The molecule has 0 saturated heterocycles. The van der Waals surface area contributed by atoms with Gasteiger partial charge in [-0.2, -0.15) is 4.98 Å². The van der Waals surface area contributed by atoms with Gasteiger partial charge in [0.25, 0.3) is 5.89 Å². The number of nitrogens with one attached hydrogen (secondary N) is 1. The van der Waals surface area contributed by atoms with Crippen molar-refractivity contribution < 1.29 is 9.32 Å². The fraction of sp³-hybridized carbons (Fsp3) is 0.263. The number of aryl methyl sites for hydroxylation is 1. The van der Waals surface area contributed by atoms with E-state index in [1.54, 1.807) is 20.0 Å². The van der Waals surface area contributed by atoms with Gasteiger partial charge in [0.1, 0.15) is 5.82 Å². The Morgan fingerprint density at radius 1 is 1.27 bits per heavy atom. The maximum Gasteiger partial charge on any atom is 0.261 e. The van der Waals surface area contributed by atoms with E-state index in [1.165, 1.54) is 0 Å². The van der Waals surface area contributed by atoms with Crippen LogP contribution in [0.4, 0.5) is 11.5 Å². The second-order valence-corrected chi connectivity index (χ2v) is 6.26. The lowest BCUT2D eigenvalue weighted by atomic mass is 9.96. The van der Waals surface area contributed by atoms with Crippen molar-refractivity contribution in [3.8, 4) is 11.5 Å². The number of rotatable bonds is 3. The number of hydrogen-bond acceptors (Lipinski definition) is 6. The maximum atomic E-state index is 11.9. The topological polar surface area (TPSA) is 84.2 Å². The summed E-state index contributed by atoms with van der Waals surface area (Å²) in [6.45, 7) is 4.04. The third-order valence-electron chi connectivity index (χ3n) is 4.50. The van der Waals surface area contributed by atoms with E-state index in [9.17, 15) is 4.79 Å². The first kappa shape index (κ1) is 16.3. The minimum Gasteiger partial charge on any atom is -0.362 e. The number of carbonyl (C=O) groups is 1. The lowest BCUT2D eigenvalue weighted by Crippen LogP contribution is -2.36. The average molecular weight is 349 g/mol. The van der Waals surface area contributed by atoms with Crippen molar-refractivity contribution in [1.29, 1.82) is 0 Å². The summed E-state index contributed by atoms with van der Waals surface area (Å²) in [4.78, 5) is 22.5. The largest absolute Gasteiger partial charge is 0.362 e. The molecule has 0 bridgehead atoms. The summed E-state index contributed by atoms with van der Waals surface area (Å²) in [5, 5.41) is 7.36. The highest BCUT2D eigenvalue weighted by atomic mass is 16.5. The lowest BCUT2D eigenvalue weighted by Gasteiger charge is -2.34. The van der Waals surface area contributed by atoms with Crippen molar-refractivity contribution in [3.05, 3.63) is 54.0 Å². The van der Waals surface area contributed by atoms with Crippen molar-refractivity contribution in [3.63, 3.8) is 0 Å². The summed E-state index contributed by atoms with van der Waals surface area (Å²) in [6, 6.07) is 11.7. The molecule has 26 heavy (non-hydrogen) atoms. The van der Waals surface area contributed by atoms with Crippen molar-refractivity contribution in [2.45, 2.75) is 26.3 Å². The summed E-state index contributed by atoms with van der Waals surface area (Å²) in [6.07, 6.45) is 2.52. The van der Waals surface area contributed by atoms with Gasteiger partial charge in [-0.3, -0.25) is 4.79 Å². The molecule has 1 aliphatic heterocycles. The zero-order chi connectivity index (χ0) is 18.1. The van der Waals surface area contributed by atoms with E-state index in [0.717, 1.165) is 23.2 Å². The Morgan fingerprint density at radius 2 is 2.12 bits per heavy atom. The molecule has 0 spiro atoms. The molecular weight excluding hydrogens is 330 g/mol. The normalized spacial score (nSPS) is 16.2. The van der Waals surface area contributed by atoms with Crippen LogP contribution in [0.5, 0.6) is 0 Å². The summed E-state index contributed by atoms with van der Waals surface area (Å²) in [5.74, 6) is 1.76. The van der Waals surface area contributed by atoms with Crippen LogP contribution in [0.25, 0.3) is 11.5 Å². The second kappa shape index (κ2) is 6.59. The van der Waals surface area contributed by atoms with E-state index < -0.39 is 0 Å². The molecule has 0 saturated carbocycles. The number of fused-ring (bicyclic) bond motifs is 1. The number of carbonyl (C=O) groups excluding carboxylic acids is 1. The summed E-state index contributed by atoms with van der Waals surface area (Å²) in [7, 11) is 0. The highest BCUT2D eigenvalue weighted by Gasteiger charge is 2.27. The van der Waals surface area contributed by atoms with Gasteiger partial charge in [0.2, 0.25) is 5.91 Å². The molecule has 1 aromatic carbocycles. The van der Waals surface area contributed by atoms with Gasteiger partial charge in [-0.1, -0.05) is 23.4 Å². The molecule has 7 nitrogen and oxygen atoms in total. The number of amides is 1. The first-order chi connectivity index (χ1) is 12.6. The minimum absolute atomic E-state index is 0.0412. The summed E-state index contributed by atoms with van der Waals surface area (Å²) in [5.41, 5.74) is 2.78. The van der Waals surface area contributed by atoms with Crippen molar-refractivity contribution >= 4 is 17.4 Å². The molecule has 1 amide bonds. The Kier molecular flexibility index (Phi) is 4.12.